The lowest BCUT2D eigenvalue weighted by molar-refractivity contribution is 0.461. The molecule has 4 rings (SSSR count). The fourth-order valence-corrected chi connectivity index (χ4v) is 3.39. The van der Waals surface area contributed by atoms with Crippen LogP contribution < -0.4 is 5.32 Å². The molecule has 3 heterocycles. The summed E-state index contributed by atoms with van der Waals surface area (Å²) in [7, 11) is 0. The second-order valence-corrected chi connectivity index (χ2v) is 6.31. The van der Waals surface area contributed by atoms with Crippen molar-refractivity contribution in [3.8, 4) is 11.4 Å². The molecule has 0 aromatic carbocycles. The number of aromatic nitrogens is 3. The van der Waals surface area contributed by atoms with Crippen molar-refractivity contribution in [2.45, 2.75) is 45.1 Å². The number of rotatable bonds is 3. The average Bonchev–Trinajstić information content (AvgIpc) is 3.17. The maximum absolute atomic E-state index is 4.83. The lowest BCUT2D eigenvalue weighted by Gasteiger charge is -2.24. The van der Waals surface area contributed by atoms with Crippen molar-refractivity contribution < 1.29 is 0 Å². The van der Waals surface area contributed by atoms with Crippen LogP contribution in [0.3, 0.4) is 0 Å². The van der Waals surface area contributed by atoms with Crippen LogP contribution in [-0.4, -0.2) is 20.4 Å². The van der Waals surface area contributed by atoms with Crippen molar-refractivity contribution in [1.82, 2.24) is 14.4 Å². The molecule has 0 atom stereocenters. The Morgan fingerprint density at radius 2 is 2.05 bits per heavy atom. The van der Waals surface area contributed by atoms with E-state index in [-0.39, 0.29) is 0 Å². The van der Waals surface area contributed by atoms with Gasteiger partial charge in [-0.15, -0.1) is 0 Å². The maximum Gasteiger partial charge on any atom is 0.140 e. The van der Waals surface area contributed by atoms with Crippen LogP contribution >= 0.6 is 0 Å². The van der Waals surface area contributed by atoms with E-state index in [1.54, 1.807) is 0 Å². The first-order valence-corrected chi connectivity index (χ1v) is 8.20. The van der Waals surface area contributed by atoms with E-state index < -0.39 is 0 Å². The van der Waals surface area contributed by atoms with E-state index in [9.17, 15) is 0 Å². The Morgan fingerprint density at radius 3 is 2.82 bits per heavy atom. The van der Waals surface area contributed by atoms with E-state index in [1.165, 1.54) is 37.7 Å². The van der Waals surface area contributed by atoms with Crippen molar-refractivity contribution in [3.63, 3.8) is 0 Å². The molecule has 1 fully saturated rings. The van der Waals surface area contributed by atoms with Gasteiger partial charge in [0.05, 0.1) is 5.69 Å². The van der Waals surface area contributed by atoms with Crippen LogP contribution in [0.1, 0.15) is 37.7 Å². The Labute approximate surface area is 130 Å². The van der Waals surface area contributed by atoms with Crippen LogP contribution in [0.4, 0.5) is 5.82 Å². The summed E-state index contributed by atoms with van der Waals surface area (Å²) in [5.74, 6) is 1.12. The normalized spacial score (nSPS) is 16.2. The summed E-state index contributed by atoms with van der Waals surface area (Å²) in [5.41, 5.74) is 4.32. The van der Waals surface area contributed by atoms with Crippen molar-refractivity contribution in [1.29, 1.82) is 0 Å². The number of anilines is 1. The summed E-state index contributed by atoms with van der Waals surface area (Å²) in [6.07, 6.45) is 10.6. The second-order valence-electron chi connectivity index (χ2n) is 6.31. The maximum atomic E-state index is 4.83. The smallest absolute Gasteiger partial charge is 0.140 e. The monoisotopic (exact) mass is 294 g/mol. The number of nitrogens with zero attached hydrogens (tertiary/aromatic N) is 2. The van der Waals surface area contributed by atoms with Crippen LogP contribution in [0.15, 0.2) is 36.7 Å². The van der Waals surface area contributed by atoms with Gasteiger partial charge in [0.25, 0.3) is 0 Å². The minimum Gasteiger partial charge on any atom is -0.367 e. The lowest BCUT2D eigenvalue weighted by atomic mass is 9.95. The van der Waals surface area contributed by atoms with E-state index in [0.29, 0.717) is 6.04 Å². The fourth-order valence-electron chi connectivity index (χ4n) is 3.39. The molecule has 0 spiro atoms. The molecule has 2 N–H and O–H groups in total. The van der Waals surface area contributed by atoms with E-state index in [1.807, 2.05) is 12.3 Å². The quantitative estimate of drug-likeness (QED) is 0.753. The van der Waals surface area contributed by atoms with E-state index >= 15 is 0 Å². The standard InChI is InChI=1S/C18H22N4/c1-13-9-10-16-21-17(15-8-5-11-19-15)18(22(16)12-13)20-14-6-3-2-4-7-14/h5,8-12,14,19-20H,2-4,6-7H2,1H3. The first-order chi connectivity index (χ1) is 10.8. The number of pyridine rings is 1. The molecule has 0 unspecified atom stereocenters. The van der Waals surface area contributed by atoms with Crippen LogP contribution in [-0.2, 0) is 0 Å². The highest BCUT2D eigenvalue weighted by atomic mass is 15.1. The van der Waals surface area contributed by atoms with Crippen molar-refractivity contribution in [3.05, 3.63) is 42.2 Å². The van der Waals surface area contributed by atoms with Crippen molar-refractivity contribution in [2.24, 2.45) is 0 Å². The number of nitrogens with one attached hydrogen (secondary N) is 2. The molecule has 1 saturated carbocycles. The summed E-state index contributed by atoms with van der Waals surface area (Å²) in [5, 5.41) is 3.77. The molecule has 0 radical (unpaired) electrons. The third kappa shape index (κ3) is 2.39. The summed E-state index contributed by atoms with van der Waals surface area (Å²) in [4.78, 5) is 8.12. The van der Waals surface area contributed by atoms with Gasteiger partial charge in [-0.3, -0.25) is 4.40 Å². The summed E-state index contributed by atoms with van der Waals surface area (Å²) in [6, 6.07) is 8.87. The third-order valence-electron chi connectivity index (χ3n) is 4.57. The zero-order chi connectivity index (χ0) is 14.9. The van der Waals surface area contributed by atoms with Gasteiger partial charge in [0, 0.05) is 18.4 Å². The van der Waals surface area contributed by atoms with Crippen molar-refractivity contribution >= 4 is 11.5 Å². The third-order valence-corrected chi connectivity index (χ3v) is 4.57. The number of fused-ring (bicyclic) bond motifs is 1. The Bertz CT molecular complexity index is 764. The number of hydrogen-bond donors (Lipinski definition) is 2. The molecule has 4 heteroatoms. The van der Waals surface area contributed by atoms with E-state index in [4.69, 9.17) is 4.98 Å². The van der Waals surface area contributed by atoms with Gasteiger partial charge in [0.15, 0.2) is 0 Å². The first-order valence-electron chi connectivity index (χ1n) is 8.20. The number of aryl methyl sites for hydroxylation is 1. The van der Waals surface area contributed by atoms with Gasteiger partial charge in [0.2, 0.25) is 0 Å². The largest absolute Gasteiger partial charge is 0.367 e. The van der Waals surface area contributed by atoms with Gasteiger partial charge in [-0.1, -0.05) is 25.3 Å². The SMILES string of the molecule is Cc1ccc2nc(-c3ccc[nH]3)c(NC3CCCCC3)n2c1. The number of aromatic amines is 1. The minimum absolute atomic E-state index is 0.558. The molecule has 0 bridgehead atoms. The zero-order valence-electron chi connectivity index (χ0n) is 13.0. The Balaban J connectivity index is 1.81. The highest BCUT2D eigenvalue weighted by Gasteiger charge is 2.19. The van der Waals surface area contributed by atoms with Crippen LogP contribution in [0.5, 0.6) is 0 Å². The molecule has 3 aromatic rings. The average molecular weight is 294 g/mol. The Kier molecular flexibility index (Phi) is 3.37. The molecule has 4 nitrogen and oxygen atoms in total. The summed E-state index contributed by atoms with van der Waals surface area (Å²) < 4.78 is 2.19. The molecular formula is C18H22N4. The highest BCUT2D eigenvalue weighted by molar-refractivity contribution is 5.74. The van der Waals surface area contributed by atoms with E-state index in [0.717, 1.165) is 22.9 Å². The zero-order valence-corrected chi connectivity index (χ0v) is 13.0. The van der Waals surface area contributed by atoms with Gasteiger partial charge in [-0.2, -0.15) is 0 Å². The van der Waals surface area contributed by atoms with Gasteiger partial charge in [-0.25, -0.2) is 4.98 Å². The molecular weight excluding hydrogens is 272 g/mol. The molecule has 3 aromatic heterocycles. The van der Waals surface area contributed by atoms with Gasteiger partial charge < -0.3 is 10.3 Å². The Hall–Kier alpha value is -2.23. The minimum atomic E-state index is 0.558. The van der Waals surface area contributed by atoms with Gasteiger partial charge >= 0.3 is 0 Å². The number of hydrogen-bond acceptors (Lipinski definition) is 2. The topological polar surface area (TPSA) is 45.1 Å². The molecule has 1 aliphatic carbocycles. The highest BCUT2D eigenvalue weighted by Crippen LogP contribution is 2.30. The first kappa shape index (κ1) is 13.4. The van der Waals surface area contributed by atoms with E-state index in [2.05, 4.69) is 46.0 Å². The van der Waals surface area contributed by atoms with Crippen LogP contribution in [0.2, 0.25) is 0 Å². The fraction of sp³-hybridized carbons (Fsp3) is 0.389. The Morgan fingerprint density at radius 1 is 1.18 bits per heavy atom. The number of imidazole rings is 1. The lowest BCUT2D eigenvalue weighted by Crippen LogP contribution is -2.23. The molecule has 22 heavy (non-hydrogen) atoms. The second kappa shape index (κ2) is 5.52. The molecule has 0 saturated heterocycles. The number of H-pyrrole nitrogens is 1. The molecule has 114 valence electrons. The molecule has 0 aliphatic heterocycles. The predicted molar refractivity (Wildman–Crippen MR) is 90.2 cm³/mol. The summed E-state index contributed by atoms with van der Waals surface area (Å²) in [6.45, 7) is 2.12. The van der Waals surface area contributed by atoms with Gasteiger partial charge in [0.1, 0.15) is 17.2 Å². The van der Waals surface area contributed by atoms with Gasteiger partial charge in [-0.05, 0) is 43.5 Å². The molecule has 1 aliphatic rings. The summed E-state index contributed by atoms with van der Waals surface area (Å²) >= 11 is 0. The van der Waals surface area contributed by atoms with Crippen LogP contribution in [0, 0.1) is 6.92 Å². The predicted octanol–water partition coefficient (Wildman–Crippen LogP) is 4.38. The molecule has 0 amide bonds. The van der Waals surface area contributed by atoms with Crippen LogP contribution in [0.25, 0.3) is 17.0 Å². The van der Waals surface area contributed by atoms with Crippen molar-refractivity contribution in [2.75, 3.05) is 5.32 Å².